The number of fused-ring (bicyclic) bond motifs is 1. The lowest BCUT2D eigenvalue weighted by molar-refractivity contribution is 0.711. The molecule has 0 bridgehead atoms. The minimum atomic E-state index is 0.311. The molecule has 2 aromatic heterocycles. The maximum Gasteiger partial charge on any atom is 0.224 e. The molecule has 0 aromatic carbocycles. The van der Waals surface area contributed by atoms with Crippen LogP contribution in [0.5, 0.6) is 0 Å². The molecule has 2 aliphatic rings. The predicted octanol–water partition coefficient (Wildman–Crippen LogP) is 1.31. The normalized spacial score (nSPS) is 19.3. The van der Waals surface area contributed by atoms with Gasteiger partial charge < -0.3 is 15.6 Å². The van der Waals surface area contributed by atoms with Gasteiger partial charge in [0.1, 0.15) is 5.52 Å². The van der Waals surface area contributed by atoms with E-state index in [0.717, 1.165) is 23.8 Å². The van der Waals surface area contributed by atoms with Crippen LogP contribution in [-0.4, -0.2) is 32.5 Å². The lowest BCUT2D eigenvalue weighted by Gasteiger charge is -2.23. The Morgan fingerprint density at radius 2 is 2.11 bits per heavy atom. The van der Waals surface area contributed by atoms with Gasteiger partial charge in [-0.2, -0.15) is 9.97 Å². The highest BCUT2D eigenvalue weighted by atomic mass is 15.3. The molecule has 2 fully saturated rings. The Bertz CT molecular complexity index is 583. The molecule has 0 amide bonds. The third kappa shape index (κ3) is 1.68. The van der Waals surface area contributed by atoms with Crippen molar-refractivity contribution in [2.75, 3.05) is 17.2 Å². The molecule has 94 valence electrons. The van der Waals surface area contributed by atoms with Gasteiger partial charge in [0.25, 0.3) is 0 Å². The number of aromatic nitrogens is 4. The first-order valence-corrected chi connectivity index (χ1v) is 6.54. The highest BCUT2D eigenvalue weighted by molar-refractivity contribution is 5.84. The van der Waals surface area contributed by atoms with Gasteiger partial charge >= 0.3 is 0 Å². The number of anilines is 2. The lowest BCUT2D eigenvalue weighted by atomic mass is 10.3. The Balaban J connectivity index is 1.79. The van der Waals surface area contributed by atoms with Gasteiger partial charge in [0, 0.05) is 12.6 Å². The predicted molar refractivity (Wildman–Crippen MR) is 69.2 cm³/mol. The summed E-state index contributed by atoms with van der Waals surface area (Å²) in [7, 11) is 0. The summed E-state index contributed by atoms with van der Waals surface area (Å²) < 4.78 is 0. The van der Waals surface area contributed by atoms with Gasteiger partial charge in [0.05, 0.1) is 6.33 Å². The van der Waals surface area contributed by atoms with Crippen molar-refractivity contribution >= 4 is 22.9 Å². The van der Waals surface area contributed by atoms with Crippen LogP contribution < -0.4 is 10.6 Å². The zero-order valence-electron chi connectivity index (χ0n) is 10.1. The smallest absolute Gasteiger partial charge is 0.224 e. The summed E-state index contributed by atoms with van der Waals surface area (Å²) in [6.45, 7) is 1.09. The maximum atomic E-state index is 5.79. The summed E-state index contributed by atoms with van der Waals surface area (Å²) in [6, 6.07) is 0.631. The first kappa shape index (κ1) is 10.1. The van der Waals surface area contributed by atoms with E-state index in [2.05, 4.69) is 24.8 Å². The SMILES string of the molecule is Nc1nc(N(CC2CC2)C2CC2)c2[nH]cnc2n1. The Morgan fingerprint density at radius 3 is 2.83 bits per heavy atom. The van der Waals surface area contributed by atoms with Gasteiger partial charge in [-0.3, -0.25) is 0 Å². The van der Waals surface area contributed by atoms with Crippen LogP contribution in [-0.2, 0) is 0 Å². The van der Waals surface area contributed by atoms with E-state index < -0.39 is 0 Å². The van der Waals surface area contributed by atoms with Crippen molar-refractivity contribution in [1.82, 2.24) is 19.9 Å². The standard InChI is InChI=1S/C12H16N6/c13-12-16-10-9(14-6-15-10)11(17-12)18(8-3-4-8)5-7-1-2-7/h6-8H,1-5H2,(H3,13,14,15,16,17). The van der Waals surface area contributed by atoms with E-state index in [1.807, 2.05) is 0 Å². The quantitative estimate of drug-likeness (QED) is 0.847. The van der Waals surface area contributed by atoms with E-state index in [-0.39, 0.29) is 0 Å². The van der Waals surface area contributed by atoms with Crippen LogP contribution in [0.4, 0.5) is 11.8 Å². The molecule has 2 saturated carbocycles. The molecule has 2 aromatic rings. The molecule has 0 radical (unpaired) electrons. The van der Waals surface area contributed by atoms with Gasteiger partial charge in [-0.1, -0.05) is 0 Å². The third-order valence-electron chi connectivity index (χ3n) is 3.70. The molecule has 4 rings (SSSR count). The second-order valence-corrected chi connectivity index (χ2v) is 5.33. The minimum absolute atomic E-state index is 0.311. The molecular weight excluding hydrogens is 228 g/mol. The summed E-state index contributed by atoms with van der Waals surface area (Å²) in [5.41, 5.74) is 7.37. The van der Waals surface area contributed by atoms with E-state index in [1.165, 1.54) is 25.7 Å². The Morgan fingerprint density at radius 1 is 1.28 bits per heavy atom. The van der Waals surface area contributed by atoms with Crippen LogP contribution in [0.1, 0.15) is 25.7 Å². The maximum absolute atomic E-state index is 5.79. The summed E-state index contributed by atoms with van der Waals surface area (Å²) in [6.07, 6.45) is 6.86. The molecule has 6 heteroatoms. The second-order valence-electron chi connectivity index (χ2n) is 5.33. The fourth-order valence-electron chi connectivity index (χ4n) is 2.42. The molecule has 0 aliphatic heterocycles. The average Bonchev–Trinajstić information content (AvgIpc) is 3.24. The van der Waals surface area contributed by atoms with E-state index in [0.29, 0.717) is 17.6 Å². The Hall–Kier alpha value is -1.85. The number of hydrogen-bond donors (Lipinski definition) is 2. The van der Waals surface area contributed by atoms with Crippen LogP contribution in [0.25, 0.3) is 11.2 Å². The van der Waals surface area contributed by atoms with Gasteiger partial charge in [0.2, 0.25) is 5.95 Å². The van der Waals surface area contributed by atoms with E-state index in [1.54, 1.807) is 6.33 Å². The second kappa shape index (κ2) is 3.57. The first-order valence-electron chi connectivity index (χ1n) is 6.54. The molecule has 0 unspecified atom stereocenters. The summed E-state index contributed by atoms with van der Waals surface area (Å²) in [4.78, 5) is 18.3. The molecule has 2 aliphatic carbocycles. The van der Waals surface area contributed by atoms with Crippen molar-refractivity contribution in [2.45, 2.75) is 31.7 Å². The number of rotatable bonds is 4. The minimum Gasteiger partial charge on any atom is -0.368 e. The summed E-state index contributed by atoms with van der Waals surface area (Å²) >= 11 is 0. The highest BCUT2D eigenvalue weighted by Crippen LogP contribution is 2.38. The van der Waals surface area contributed by atoms with E-state index in [9.17, 15) is 0 Å². The van der Waals surface area contributed by atoms with Crippen molar-refractivity contribution in [3.05, 3.63) is 6.33 Å². The lowest BCUT2D eigenvalue weighted by Crippen LogP contribution is -2.29. The van der Waals surface area contributed by atoms with Gasteiger partial charge in [-0.15, -0.1) is 0 Å². The molecule has 0 saturated heterocycles. The fraction of sp³-hybridized carbons (Fsp3) is 0.583. The van der Waals surface area contributed by atoms with Crippen molar-refractivity contribution < 1.29 is 0 Å². The summed E-state index contributed by atoms with van der Waals surface area (Å²) in [5, 5.41) is 0. The highest BCUT2D eigenvalue weighted by Gasteiger charge is 2.35. The van der Waals surface area contributed by atoms with Gasteiger partial charge in [-0.05, 0) is 31.6 Å². The van der Waals surface area contributed by atoms with Crippen molar-refractivity contribution in [3.8, 4) is 0 Å². The third-order valence-corrected chi connectivity index (χ3v) is 3.70. The van der Waals surface area contributed by atoms with E-state index >= 15 is 0 Å². The number of hydrogen-bond acceptors (Lipinski definition) is 5. The Kier molecular flexibility index (Phi) is 2.00. The number of nitrogens with one attached hydrogen (secondary N) is 1. The zero-order chi connectivity index (χ0) is 12.1. The number of imidazole rings is 1. The van der Waals surface area contributed by atoms with Crippen LogP contribution >= 0.6 is 0 Å². The van der Waals surface area contributed by atoms with E-state index in [4.69, 9.17) is 5.73 Å². The van der Waals surface area contributed by atoms with Gasteiger partial charge in [-0.25, -0.2) is 4.98 Å². The number of nitrogen functional groups attached to an aromatic ring is 1. The number of aromatic amines is 1. The molecule has 18 heavy (non-hydrogen) atoms. The van der Waals surface area contributed by atoms with Crippen molar-refractivity contribution in [1.29, 1.82) is 0 Å². The monoisotopic (exact) mass is 244 g/mol. The topological polar surface area (TPSA) is 83.7 Å². The average molecular weight is 244 g/mol. The zero-order valence-corrected chi connectivity index (χ0v) is 10.1. The molecule has 2 heterocycles. The van der Waals surface area contributed by atoms with Crippen LogP contribution in [0, 0.1) is 5.92 Å². The number of H-pyrrole nitrogens is 1. The fourth-order valence-corrected chi connectivity index (χ4v) is 2.42. The molecule has 0 atom stereocenters. The van der Waals surface area contributed by atoms with Crippen LogP contribution in [0.3, 0.4) is 0 Å². The van der Waals surface area contributed by atoms with Crippen LogP contribution in [0.2, 0.25) is 0 Å². The number of nitrogens with zero attached hydrogens (tertiary/aromatic N) is 4. The van der Waals surface area contributed by atoms with Crippen LogP contribution in [0.15, 0.2) is 6.33 Å². The number of nitrogens with two attached hydrogens (primary N) is 1. The molecule has 3 N–H and O–H groups in total. The Labute approximate surface area is 105 Å². The van der Waals surface area contributed by atoms with Crippen molar-refractivity contribution in [2.24, 2.45) is 5.92 Å². The molecule has 0 spiro atoms. The molecule has 6 nitrogen and oxygen atoms in total. The first-order chi connectivity index (χ1) is 8.81. The summed E-state index contributed by atoms with van der Waals surface area (Å²) in [5.74, 6) is 2.08. The largest absolute Gasteiger partial charge is 0.368 e. The molecular formula is C12H16N6. The van der Waals surface area contributed by atoms with Gasteiger partial charge in [0.15, 0.2) is 11.5 Å². The van der Waals surface area contributed by atoms with Crippen molar-refractivity contribution in [3.63, 3.8) is 0 Å².